The van der Waals surface area contributed by atoms with Crippen molar-refractivity contribution in [2.24, 2.45) is 0 Å². The van der Waals surface area contributed by atoms with Crippen molar-refractivity contribution in [3.8, 4) is 0 Å². The summed E-state index contributed by atoms with van der Waals surface area (Å²) >= 11 is 5.87. The number of amides is 3. The smallest absolute Gasteiger partial charge is 0.349 e. The summed E-state index contributed by atoms with van der Waals surface area (Å²) in [4.78, 5) is 47.5. The molecule has 2 heterocycles. The average molecular weight is 349 g/mol. The van der Waals surface area contributed by atoms with Gasteiger partial charge >= 0.3 is 5.63 Å². The fourth-order valence-electron chi connectivity index (χ4n) is 2.65. The van der Waals surface area contributed by atoms with E-state index in [1.54, 1.807) is 19.1 Å². The number of halogens is 1. The molecule has 24 heavy (non-hydrogen) atoms. The van der Waals surface area contributed by atoms with E-state index in [0.717, 1.165) is 0 Å². The SMILES string of the molecule is Cc1c(C(=O)NC2CCC(=O)NC2=O)c(=O)oc2cc(Cl)ccc12. The van der Waals surface area contributed by atoms with Crippen molar-refractivity contribution >= 4 is 40.3 Å². The molecular formula is C16H13ClN2O5. The van der Waals surface area contributed by atoms with Gasteiger partial charge in [-0.2, -0.15) is 0 Å². The zero-order valence-electron chi connectivity index (χ0n) is 12.6. The third-order valence-corrected chi connectivity index (χ3v) is 4.14. The summed E-state index contributed by atoms with van der Waals surface area (Å²) in [6.45, 7) is 1.62. The van der Waals surface area contributed by atoms with E-state index in [9.17, 15) is 19.2 Å². The zero-order valence-corrected chi connectivity index (χ0v) is 13.4. The van der Waals surface area contributed by atoms with Gasteiger partial charge in [0.15, 0.2) is 0 Å². The summed E-state index contributed by atoms with van der Waals surface area (Å²) in [5.74, 6) is -1.69. The Labute approximate surface area is 141 Å². The van der Waals surface area contributed by atoms with E-state index >= 15 is 0 Å². The molecule has 0 bridgehead atoms. The number of hydrogen-bond acceptors (Lipinski definition) is 5. The number of rotatable bonds is 2. The van der Waals surface area contributed by atoms with Crippen LogP contribution in [0, 0.1) is 6.92 Å². The molecule has 0 saturated carbocycles. The Morgan fingerprint density at radius 1 is 1.33 bits per heavy atom. The first-order chi connectivity index (χ1) is 11.4. The van der Waals surface area contributed by atoms with E-state index in [1.165, 1.54) is 6.07 Å². The van der Waals surface area contributed by atoms with E-state index < -0.39 is 23.5 Å². The second-order valence-electron chi connectivity index (χ2n) is 5.51. The van der Waals surface area contributed by atoms with Crippen LogP contribution in [0.15, 0.2) is 27.4 Å². The van der Waals surface area contributed by atoms with E-state index in [2.05, 4.69) is 10.6 Å². The number of imide groups is 1. The van der Waals surface area contributed by atoms with Gasteiger partial charge < -0.3 is 9.73 Å². The van der Waals surface area contributed by atoms with Crippen molar-refractivity contribution in [3.05, 3.63) is 44.8 Å². The van der Waals surface area contributed by atoms with Gasteiger partial charge in [-0.25, -0.2) is 4.79 Å². The lowest BCUT2D eigenvalue weighted by molar-refractivity contribution is -0.134. The van der Waals surface area contributed by atoms with Crippen molar-refractivity contribution in [1.82, 2.24) is 10.6 Å². The minimum absolute atomic E-state index is 0.125. The van der Waals surface area contributed by atoms with Crippen LogP contribution in [0.3, 0.4) is 0 Å². The fourth-order valence-corrected chi connectivity index (χ4v) is 2.82. The maximum atomic E-state index is 12.4. The van der Waals surface area contributed by atoms with Gasteiger partial charge in [0.2, 0.25) is 11.8 Å². The van der Waals surface area contributed by atoms with Crippen LogP contribution >= 0.6 is 11.6 Å². The van der Waals surface area contributed by atoms with Gasteiger partial charge in [0.1, 0.15) is 17.2 Å². The largest absolute Gasteiger partial charge is 0.422 e. The topological polar surface area (TPSA) is 105 Å². The molecule has 1 aliphatic heterocycles. The van der Waals surface area contributed by atoms with Crippen LogP contribution < -0.4 is 16.3 Å². The molecule has 3 rings (SSSR count). The van der Waals surface area contributed by atoms with Crippen molar-refractivity contribution in [1.29, 1.82) is 0 Å². The summed E-state index contributed by atoms with van der Waals surface area (Å²) in [5, 5.41) is 5.60. The maximum absolute atomic E-state index is 12.4. The normalized spacial score (nSPS) is 17.7. The predicted molar refractivity (Wildman–Crippen MR) is 85.9 cm³/mol. The Morgan fingerprint density at radius 3 is 2.79 bits per heavy atom. The number of carbonyl (C=O) groups excluding carboxylic acids is 3. The Hall–Kier alpha value is -2.67. The highest BCUT2D eigenvalue weighted by atomic mass is 35.5. The number of hydrogen-bond donors (Lipinski definition) is 2. The van der Waals surface area contributed by atoms with Gasteiger partial charge in [-0.15, -0.1) is 0 Å². The molecule has 1 aliphatic rings. The first kappa shape index (κ1) is 16.2. The lowest BCUT2D eigenvalue weighted by atomic mass is 10.0. The monoisotopic (exact) mass is 348 g/mol. The van der Waals surface area contributed by atoms with Crippen LogP contribution in [0.4, 0.5) is 0 Å². The molecule has 2 N–H and O–H groups in total. The molecule has 1 saturated heterocycles. The quantitative estimate of drug-likeness (QED) is 0.628. The van der Waals surface area contributed by atoms with E-state index in [4.69, 9.17) is 16.0 Å². The number of benzene rings is 1. The number of nitrogens with one attached hydrogen (secondary N) is 2. The van der Waals surface area contributed by atoms with Crippen LogP contribution in [-0.2, 0) is 9.59 Å². The molecule has 0 radical (unpaired) electrons. The Balaban J connectivity index is 1.95. The van der Waals surface area contributed by atoms with Gasteiger partial charge in [-0.05, 0) is 31.0 Å². The standard InChI is InChI=1S/C16H13ClN2O5/c1-7-9-3-2-8(17)6-11(9)24-16(23)13(7)15(22)18-10-4-5-12(20)19-14(10)21/h2-3,6,10H,4-5H2,1H3,(H,18,22)(H,19,20,21). The summed E-state index contributed by atoms with van der Waals surface area (Å²) < 4.78 is 5.15. The van der Waals surface area contributed by atoms with Crippen LogP contribution in [-0.4, -0.2) is 23.8 Å². The Morgan fingerprint density at radius 2 is 2.08 bits per heavy atom. The second-order valence-corrected chi connectivity index (χ2v) is 5.94. The third kappa shape index (κ3) is 2.90. The molecule has 1 atom stereocenters. The van der Waals surface area contributed by atoms with Gasteiger partial charge in [0.25, 0.3) is 5.91 Å². The minimum atomic E-state index is -0.866. The van der Waals surface area contributed by atoms with E-state index in [-0.39, 0.29) is 29.9 Å². The van der Waals surface area contributed by atoms with Crippen molar-refractivity contribution in [2.75, 3.05) is 0 Å². The van der Waals surface area contributed by atoms with Crippen LogP contribution in [0.25, 0.3) is 11.0 Å². The number of aryl methyl sites for hydroxylation is 1. The molecule has 1 unspecified atom stereocenters. The maximum Gasteiger partial charge on any atom is 0.349 e. The molecule has 1 fully saturated rings. The molecule has 1 aromatic carbocycles. The minimum Gasteiger partial charge on any atom is -0.422 e. The second kappa shape index (κ2) is 6.09. The molecule has 0 aliphatic carbocycles. The molecular weight excluding hydrogens is 336 g/mol. The summed E-state index contributed by atoms with van der Waals surface area (Å²) in [5.41, 5.74) is -0.271. The highest BCUT2D eigenvalue weighted by Gasteiger charge is 2.29. The molecule has 2 aromatic rings. The lowest BCUT2D eigenvalue weighted by Crippen LogP contribution is -2.52. The lowest BCUT2D eigenvalue weighted by Gasteiger charge is -2.21. The number of carbonyl (C=O) groups is 3. The molecule has 124 valence electrons. The van der Waals surface area contributed by atoms with E-state index in [1.807, 2.05) is 0 Å². The van der Waals surface area contributed by atoms with Gasteiger partial charge in [-0.1, -0.05) is 11.6 Å². The Bertz CT molecular complexity index is 934. The molecule has 8 heteroatoms. The van der Waals surface area contributed by atoms with Gasteiger partial charge in [0.05, 0.1) is 0 Å². The molecule has 3 amide bonds. The van der Waals surface area contributed by atoms with Crippen LogP contribution in [0.2, 0.25) is 5.02 Å². The van der Waals surface area contributed by atoms with Crippen molar-refractivity contribution in [3.63, 3.8) is 0 Å². The first-order valence-electron chi connectivity index (χ1n) is 7.24. The van der Waals surface area contributed by atoms with Crippen molar-refractivity contribution < 1.29 is 18.8 Å². The van der Waals surface area contributed by atoms with Crippen molar-refractivity contribution in [2.45, 2.75) is 25.8 Å². The third-order valence-electron chi connectivity index (χ3n) is 3.90. The highest BCUT2D eigenvalue weighted by molar-refractivity contribution is 6.31. The Kier molecular flexibility index (Phi) is 4.11. The molecule has 1 aromatic heterocycles. The molecule has 7 nitrogen and oxygen atoms in total. The summed E-state index contributed by atoms with van der Waals surface area (Å²) in [6.07, 6.45) is 0.310. The number of fused-ring (bicyclic) bond motifs is 1. The number of piperidine rings is 1. The van der Waals surface area contributed by atoms with Crippen LogP contribution in [0.5, 0.6) is 0 Å². The highest BCUT2D eigenvalue weighted by Crippen LogP contribution is 2.23. The summed E-state index contributed by atoms with van der Waals surface area (Å²) in [7, 11) is 0. The van der Waals surface area contributed by atoms with Gasteiger partial charge in [0, 0.05) is 22.9 Å². The van der Waals surface area contributed by atoms with Crippen LogP contribution in [0.1, 0.15) is 28.8 Å². The van der Waals surface area contributed by atoms with Gasteiger partial charge in [-0.3, -0.25) is 19.7 Å². The zero-order chi connectivity index (χ0) is 17.4. The predicted octanol–water partition coefficient (Wildman–Crippen LogP) is 1.29. The first-order valence-corrected chi connectivity index (χ1v) is 7.62. The fraction of sp³-hybridized carbons (Fsp3) is 0.250. The van der Waals surface area contributed by atoms with E-state index in [0.29, 0.717) is 16.0 Å². The summed E-state index contributed by atoms with van der Waals surface area (Å²) in [6, 6.07) is 3.90. The molecule has 0 spiro atoms. The average Bonchev–Trinajstić information content (AvgIpc) is 2.49.